The fourth-order valence-electron chi connectivity index (χ4n) is 2.74. The van der Waals surface area contributed by atoms with E-state index in [1.54, 1.807) is 7.11 Å². The molecule has 3 nitrogen and oxygen atoms in total. The fourth-order valence-corrected chi connectivity index (χ4v) is 5.21. The third kappa shape index (κ3) is 4.24. The summed E-state index contributed by atoms with van der Waals surface area (Å²) < 4.78 is 11.2. The molecule has 1 aromatic rings. The third-order valence-electron chi connectivity index (χ3n) is 3.96. The van der Waals surface area contributed by atoms with Gasteiger partial charge in [-0.2, -0.15) is 23.5 Å². The van der Waals surface area contributed by atoms with Gasteiger partial charge in [-0.05, 0) is 18.1 Å². The molecule has 1 fully saturated rings. The maximum Gasteiger partial charge on any atom is 0.126 e. The number of hydrogen-bond donors (Lipinski definition) is 1. The average Bonchev–Trinajstić information content (AvgIpc) is 2.81. The number of rotatable bonds is 4. The van der Waals surface area contributed by atoms with E-state index in [1.807, 2.05) is 12.1 Å². The van der Waals surface area contributed by atoms with Crippen molar-refractivity contribution >= 4 is 23.5 Å². The molecule has 1 N–H and O–H groups in total. The van der Waals surface area contributed by atoms with Crippen LogP contribution in [0.5, 0.6) is 11.5 Å². The van der Waals surface area contributed by atoms with Crippen molar-refractivity contribution in [2.24, 2.45) is 5.92 Å². The molecule has 1 saturated heterocycles. The van der Waals surface area contributed by atoms with Gasteiger partial charge < -0.3 is 14.8 Å². The second-order valence-electron chi connectivity index (χ2n) is 5.61. The molecule has 0 bridgehead atoms. The molecule has 0 radical (unpaired) electrons. The van der Waals surface area contributed by atoms with Crippen LogP contribution in [0.3, 0.4) is 0 Å². The minimum Gasteiger partial charge on any atom is -0.497 e. The van der Waals surface area contributed by atoms with Crippen molar-refractivity contribution in [3.63, 3.8) is 0 Å². The molecule has 2 aliphatic heterocycles. The average molecular weight is 325 g/mol. The molecule has 1 atom stereocenters. The zero-order valence-electron chi connectivity index (χ0n) is 12.5. The summed E-state index contributed by atoms with van der Waals surface area (Å²) >= 11 is 4.15. The second-order valence-corrected chi connectivity index (χ2v) is 7.91. The second kappa shape index (κ2) is 7.65. The highest BCUT2D eigenvalue weighted by Gasteiger charge is 2.21. The van der Waals surface area contributed by atoms with E-state index < -0.39 is 0 Å². The van der Waals surface area contributed by atoms with Gasteiger partial charge in [-0.25, -0.2) is 0 Å². The predicted molar refractivity (Wildman–Crippen MR) is 92.1 cm³/mol. The summed E-state index contributed by atoms with van der Waals surface area (Å²) in [5, 5.41) is 3.74. The number of nitrogens with one attached hydrogen (secondary N) is 1. The van der Waals surface area contributed by atoms with Gasteiger partial charge in [0.15, 0.2) is 0 Å². The Labute approximate surface area is 135 Å². The van der Waals surface area contributed by atoms with E-state index in [2.05, 4.69) is 34.9 Å². The molecular weight excluding hydrogens is 302 g/mol. The van der Waals surface area contributed by atoms with E-state index in [9.17, 15) is 0 Å². The molecule has 3 rings (SSSR count). The van der Waals surface area contributed by atoms with Gasteiger partial charge in [0, 0.05) is 47.6 Å². The molecule has 116 valence electrons. The van der Waals surface area contributed by atoms with Crippen molar-refractivity contribution in [2.45, 2.75) is 12.5 Å². The van der Waals surface area contributed by atoms with Gasteiger partial charge >= 0.3 is 0 Å². The molecule has 21 heavy (non-hydrogen) atoms. The Morgan fingerprint density at radius 1 is 1.29 bits per heavy atom. The predicted octanol–water partition coefficient (Wildman–Crippen LogP) is 2.68. The Kier molecular flexibility index (Phi) is 5.61. The Morgan fingerprint density at radius 2 is 2.10 bits per heavy atom. The van der Waals surface area contributed by atoms with Crippen LogP contribution in [0.15, 0.2) is 18.2 Å². The van der Waals surface area contributed by atoms with Crippen molar-refractivity contribution in [1.82, 2.24) is 5.32 Å². The molecule has 0 aliphatic carbocycles. The summed E-state index contributed by atoms with van der Waals surface area (Å²) in [6, 6.07) is 6.81. The number of ether oxygens (including phenoxy) is 2. The van der Waals surface area contributed by atoms with Crippen molar-refractivity contribution < 1.29 is 9.47 Å². The van der Waals surface area contributed by atoms with E-state index in [4.69, 9.17) is 9.47 Å². The minimum atomic E-state index is 0.573. The minimum absolute atomic E-state index is 0.573. The van der Waals surface area contributed by atoms with Crippen molar-refractivity contribution in [2.75, 3.05) is 43.3 Å². The molecular formula is C16H23NO2S2. The van der Waals surface area contributed by atoms with E-state index >= 15 is 0 Å². The summed E-state index contributed by atoms with van der Waals surface area (Å²) in [7, 11) is 1.69. The number of fused-ring (bicyclic) bond motifs is 1. The van der Waals surface area contributed by atoms with Gasteiger partial charge in [0.1, 0.15) is 11.5 Å². The first-order valence-electron chi connectivity index (χ1n) is 7.53. The Hall–Kier alpha value is -0.520. The Bertz CT molecular complexity index is 462. The monoisotopic (exact) mass is 325 g/mol. The molecule has 2 heterocycles. The summed E-state index contributed by atoms with van der Waals surface area (Å²) in [6.45, 7) is 1.86. The van der Waals surface area contributed by atoms with Crippen molar-refractivity contribution in [3.8, 4) is 11.5 Å². The number of hydrogen-bond acceptors (Lipinski definition) is 5. The lowest BCUT2D eigenvalue weighted by Gasteiger charge is -2.27. The van der Waals surface area contributed by atoms with Crippen LogP contribution in [0.25, 0.3) is 0 Å². The summed E-state index contributed by atoms with van der Waals surface area (Å²) in [5.41, 5.74) is 1.30. The van der Waals surface area contributed by atoms with Crippen LogP contribution < -0.4 is 14.8 Å². The van der Waals surface area contributed by atoms with Crippen LogP contribution in [-0.2, 0) is 6.42 Å². The fraction of sp³-hybridized carbons (Fsp3) is 0.625. The number of benzene rings is 1. The van der Waals surface area contributed by atoms with Gasteiger partial charge in [0.25, 0.3) is 0 Å². The van der Waals surface area contributed by atoms with Crippen molar-refractivity contribution in [1.29, 1.82) is 0 Å². The Balaban J connectivity index is 1.51. The number of thioether (sulfide) groups is 2. The first-order chi connectivity index (χ1) is 10.3. The van der Waals surface area contributed by atoms with Crippen LogP contribution in [0.1, 0.15) is 5.56 Å². The zero-order chi connectivity index (χ0) is 14.5. The molecule has 1 aromatic carbocycles. The van der Waals surface area contributed by atoms with Crippen LogP contribution >= 0.6 is 23.5 Å². The molecule has 5 heteroatoms. The lowest BCUT2D eigenvalue weighted by atomic mass is 9.96. The number of methoxy groups -OCH3 is 1. The lowest BCUT2D eigenvalue weighted by molar-refractivity contribution is 0.215. The molecule has 1 unspecified atom stereocenters. The summed E-state index contributed by atoms with van der Waals surface area (Å²) in [6.07, 6.45) is 1.10. The van der Waals surface area contributed by atoms with E-state index in [-0.39, 0.29) is 0 Å². The molecule has 0 spiro atoms. The van der Waals surface area contributed by atoms with Crippen molar-refractivity contribution in [3.05, 3.63) is 23.8 Å². The van der Waals surface area contributed by atoms with Gasteiger partial charge in [-0.3, -0.25) is 0 Å². The zero-order valence-corrected chi connectivity index (χ0v) is 14.1. The van der Waals surface area contributed by atoms with Gasteiger partial charge in [-0.1, -0.05) is 6.07 Å². The lowest BCUT2D eigenvalue weighted by Crippen LogP contribution is -2.39. The van der Waals surface area contributed by atoms with E-state index in [1.165, 1.54) is 28.6 Å². The maximum atomic E-state index is 5.91. The first-order valence-corrected chi connectivity index (χ1v) is 9.84. The summed E-state index contributed by atoms with van der Waals surface area (Å²) in [4.78, 5) is 0. The molecule has 0 aromatic heterocycles. The van der Waals surface area contributed by atoms with Crippen LogP contribution in [0.2, 0.25) is 0 Å². The normalized spacial score (nSPS) is 23.0. The van der Waals surface area contributed by atoms with E-state index in [0.717, 1.165) is 31.1 Å². The molecule has 0 saturated carbocycles. The first kappa shape index (κ1) is 15.4. The summed E-state index contributed by atoms with van der Waals surface area (Å²) in [5.74, 6) is 7.52. The highest BCUT2D eigenvalue weighted by atomic mass is 32.2. The largest absolute Gasteiger partial charge is 0.497 e. The van der Waals surface area contributed by atoms with Gasteiger partial charge in [0.05, 0.1) is 13.7 Å². The van der Waals surface area contributed by atoms with Crippen LogP contribution in [0, 0.1) is 5.92 Å². The maximum absolute atomic E-state index is 5.91. The standard InChI is InChI=1S/C16H23NO2S2/c1-18-15-3-2-13-6-12(9-19-16(13)7-15)8-17-14-10-20-4-5-21-11-14/h2-3,7,12,14,17H,4-6,8-11H2,1H3. The topological polar surface area (TPSA) is 30.5 Å². The third-order valence-corrected chi connectivity index (χ3v) is 6.48. The van der Waals surface area contributed by atoms with Crippen LogP contribution in [0.4, 0.5) is 0 Å². The Morgan fingerprint density at radius 3 is 2.86 bits per heavy atom. The van der Waals surface area contributed by atoms with E-state index in [0.29, 0.717) is 12.0 Å². The SMILES string of the molecule is COc1ccc2c(c1)OCC(CNC1CSCCSC1)C2. The molecule has 2 aliphatic rings. The van der Waals surface area contributed by atoms with Crippen LogP contribution in [-0.4, -0.2) is 49.3 Å². The van der Waals surface area contributed by atoms with Gasteiger partial charge in [0.2, 0.25) is 0 Å². The highest BCUT2D eigenvalue weighted by molar-refractivity contribution is 8.03. The smallest absolute Gasteiger partial charge is 0.126 e. The van der Waals surface area contributed by atoms with Gasteiger partial charge in [-0.15, -0.1) is 0 Å². The quantitative estimate of drug-likeness (QED) is 0.920. The highest BCUT2D eigenvalue weighted by Crippen LogP contribution is 2.30. The molecule has 0 amide bonds.